The molecule has 2 aromatic heterocycles. The molecule has 1 N–H and O–H groups in total. The highest BCUT2D eigenvalue weighted by atomic mass is 35.5. The van der Waals surface area contributed by atoms with E-state index < -0.39 is 27.3 Å². The average molecular weight is 440 g/mol. The highest BCUT2D eigenvalue weighted by Crippen LogP contribution is 2.26. The molecule has 1 saturated heterocycles. The first-order chi connectivity index (χ1) is 13.7. The van der Waals surface area contributed by atoms with Crippen molar-refractivity contribution in [3.63, 3.8) is 0 Å². The second kappa shape index (κ2) is 7.23. The molecular weight excluding hydrogens is 425 g/mol. The van der Waals surface area contributed by atoms with Gasteiger partial charge in [0.05, 0.1) is 40.5 Å². The number of nitrogens with zero attached hydrogens (tertiary/aromatic N) is 4. The fourth-order valence-electron chi connectivity index (χ4n) is 3.31. The van der Waals surface area contributed by atoms with Crippen LogP contribution < -0.4 is 11.0 Å². The van der Waals surface area contributed by atoms with Gasteiger partial charge in [-0.05, 0) is 24.6 Å². The Labute approximate surface area is 169 Å². The van der Waals surface area contributed by atoms with Gasteiger partial charge in [-0.1, -0.05) is 11.6 Å². The lowest BCUT2D eigenvalue weighted by atomic mass is 10.2. The fraction of sp³-hybridized carbons (Fsp3) is 0.294. The van der Waals surface area contributed by atoms with Gasteiger partial charge in [0.25, 0.3) is 0 Å². The number of hydrogen-bond acceptors (Lipinski definition) is 6. The molecule has 1 aliphatic rings. The first-order valence-corrected chi connectivity index (χ1v) is 10.8. The van der Waals surface area contributed by atoms with Crippen LogP contribution in [-0.4, -0.2) is 45.2 Å². The number of carbonyl (C=O) groups is 1. The highest BCUT2D eigenvalue weighted by molar-refractivity contribution is 7.91. The summed E-state index contributed by atoms with van der Waals surface area (Å²) < 4.78 is 39.4. The summed E-state index contributed by atoms with van der Waals surface area (Å²) in [5.74, 6) is -1.11. The number of anilines is 1. The van der Waals surface area contributed by atoms with Gasteiger partial charge in [0.2, 0.25) is 5.91 Å². The van der Waals surface area contributed by atoms with Gasteiger partial charge in [0.1, 0.15) is 17.9 Å². The third kappa shape index (κ3) is 3.87. The van der Waals surface area contributed by atoms with Crippen LogP contribution in [0.3, 0.4) is 0 Å². The van der Waals surface area contributed by atoms with E-state index in [9.17, 15) is 22.4 Å². The number of halogens is 2. The minimum absolute atomic E-state index is 0.0330. The number of aromatic nitrogens is 4. The van der Waals surface area contributed by atoms with Crippen LogP contribution in [0.25, 0.3) is 11.0 Å². The molecule has 0 saturated carbocycles. The van der Waals surface area contributed by atoms with Gasteiger partial charge in [-0.25, -0.2) is 17.6 Å². The molecule has 1 atom stereocenters. The molecule has 0 bridgehead atoms. The van der Waals surface area contributed by atoms with Crippen LogP contribution in [0.5, 0.6) is 0 Å². The Hall–Kier alpha value is -2.79. The van der Waals surface area contributed by atoms with Crippen molar-refractivity contribution in [3.8, 4) is 0 Å². The molecule has 3 heterocycles. The summed E-state index contributed by atoms with van der Waals surface area (Å²) >= 11 is 5.70. The zero-order chi connectivity index (χ0) is 20.8. The van der Waals surface area contributed by atoms with Gasteiger partial charge in [-0.3, -0.25) is 14.0 Å². The van der Waals surface area contributed by atoms with Crippen LogP contribution >= 0.6 is 11.6 Å². The van der Waals surface area contributed by atoms with Crippen molar-refractivity contribution in [1.29, 1.82) is 0 Å². The molecule has 4 rings (SSSR count). The smallest absolute Gasteiger partial charge is 0.324 e. The lowest BCUT2D eigenvalue weighted by Crippen LogP contribution is -2.29. The molecule has 1 amide bonds. The van der Waals surface area contributed by atoms with Crippen LogP contribution in [-0.2, 0) is 21.2 Å². The van der Waals surface area contributed by atoms with Crippen molar-refractivity contribution in [2.45, 2.75) is 19.0 Å². The van der Waals surface area contributed by atoms with Crippen molar-refractivity contribution < 1.29 is 17.6 Å². The third-order valence-corrected chi connectivity index (χ3v) is 6.73. The number of hydrogen-bond donors (Lipinski definition) is 1. The molecule has 12 heteroatoms. The Morgan fingerprint density at radius 2 is 2.10 bits per heavy atom. The largest absolute Gasteiger partial charge is 0.348 e. The maximum absolute atomic E-state index is 13.2. The Kier molecular flexibility index (Phi) is 4.87. The normalized spacial score (nSPS) is 18.2. The minimum Gasteiger partial charge on any atom is -0.324 e. The number of fused-ring (bicyclic) bond motifs is 1. The molecule has 152 valence electrons. The first kappa shape index (κ1) is 19.5. The number of carbonyl (C=O) groups excluding carboxylic acids is 1. The van der Waals surface area contributed by atoms with Gasteiger partial charge < -0.3 is 5.32 Å². The third-order valence-electron chi connectivity index (χ3n) is 4.69. The summed E-state index contributed by atoms with van der Waals surface area (Å²) in [4.78, 5) is 28.4. The van der Waals surface area contributed by atoms with Crippen LogP contribution in [0.4, 0.5) is 10.1 Å². The zero-order valence-corrected chi connectivity index (χ0v) is 16.5. The summed E-state index contributed by atoms with van der Waals surface area (Å²) in [6.45, 7) is -0.354. The Bertz CT molecular complexity index is 1290. The highest BCUT2D eigenvalue weighted by Gasteiger charge is 2.31. The van der Waals surface area contributed by atoms with E-state index in [2.05, 4.69) is 15.4 Å². The zero-order valence-electron chi connectivity index (χ0n) is 14.9. The fourth-order valence-corrected chi connectivity index (χ4v) is 5.19. The van der Waals surface area contributed by atoms with E-state index in [0.717, 1.165) is 10.6 Å². The van der Waals surface area contributed by atoms with Crippen molar-refractivity contribution >= 4 is 44.1 Å². The second-order valence-electron chi connectivity index (χ2n) is 6.72. The lowest BCUT2D eigenvalue weighted by Gasteiger charge is -2.11. The molecule has 0 aliphatic carbocycles. The summed E-state index contributed by atoms with van der Waals surface area (Å²) in [5.41, 5.74) is 0.454. The Morgan fingerprint density at radius 1 is 1.31 bits per heavy atom. The predicted octanol–water partition coefficient (Wildman–Crippen LogP) is 1.38. The van der Waals surface area contributed by atoms with E-state index in [-0.39, 0.29) is 34.8 Å². The number of amides is 1. The Balaban J connectivity index is 1.62. The van der Waals surface area contributed by atoms with Crippen LogP contribution in [0.2, 0.25) is 5.02 Å². The van der Waals surface area contributed by atoms with Crippen molar-refractivity contribution in [3.05, 3.63) is 51.9 Å². The molecule has 0 radical (unpaired) electrons. The van der Waals surface area contributed by atoms with E-state index in [1.165, 1.54) is 29.2 Å². The first-order valence-electron chi connectivity index (χ1n) is 8.62. The van der Waals surface area contributed by atoms with Crippen molar-refractivity contribution in [1.82, 2.24) is 19.3 Å². The Morgan fingerprint density at radius 3 is 2.79 bits per heavy atom. The summed E-state index contributed by atoms with van der Waals surface area (Å²) in [7, 11) is -3.12. The lowest BCUT2D eigenvalue weighted by molar-refractivity contribution is -0.116. The van der Waals surface area contributed by atoms with Crippen LogP contribution in [0, 0.1) is 5.82 Å². The molecule has 9 nitrogen and oxygen atoms in total. The standard InChI is InChI=1S/C17H15ClFN5O4S/c18-12-5-10(1-2-13(12)19)22-16(25)8-23-14-7-21-24(15(14)6-20-17(23)26)11-3-4-29(27,28)9-11/h1-2,5-7,11H,3-4,8-9H2,(H,22,25). The SMILES string of the molecule is O=C(Cn1c(=O)ncc2c1cnn2C1CCS(=O)(=O)C1)Nc1ccc(F)c(Cl)c1. The maximum atomic E-state index is 13.2. The van der Waals surface area contributed by atoms with E-state index in [4.69, 9.17) is 11.6 Å². The van der Waals surface area contributed by atoms with Gasteiger partial charge in [0.15, 0.2) is 9.84 Å². The van der Waals surface area contributed by atoms with E-state index >= 15 is 0 Å². The van der Waals surface area contributed by atoms with E-state index in [1.54, 1.807) is 0 Å². The predicted molar refractivity (Wildman–Crippen MR) is 104 cm³/mol. The number of benzene rings is 1. The number of nitrogens with one attached hydrogen (secondary N) is 1. The van der Waals surface area contributed by atoms with Gasteiger partial charge in [-0.2, -0.15) is 10.1 Å². The quantitative estimate of drug-likeness (QED) is 0.656. The second-order valence-corrected chi connectivity index (χ2v) is 9.36. The summed E-state index contributed by atoms with van der Waals surface area (Å²) in [6.07, 6.45) is 3.15. The molecule has 1 aromatic carbocycles. The molecule has 1 fully saturated rings. The molecule has 3 aromatic rings. The van der Waals surface area contributed by atoms with Crippen LogP contribution in [0.1, 0.15) is 12.5 Å². The van der Waals surface area contributed by atoms with E-state index in [0.29, 0.717) is 17.5 Å². The summed E-state index contributed by atoms with van der Waals surface area (Å²) in [5, 5.41) is 6.62. The van der Waals surface area contributed by atoms with Gasteiger partial charge in [-0.15, -0.1) is 0 Å². The van der Waals surface area contributed by atoms with Crippen molar-refractivity contribution in [2.75, 3.05) is 16.8 Å². The molecular formula is C17H15ClFN5O4S. The van der Waals surface area contributed by atoms with Gasteiger partial charge >= 0.3 is 5.69 Å². The van der Waals surface area contributed by atoms with Gasteiger partial charge in [0, 0.05) is 5.69 Å². The maximum Gasteiger partial charge on any atom is 0.348 e. The molecule has 29 heavy (non-hydrogen) atoms. The monoisotopic (exact) mass is 439 g/mol. The number of rotatable bonds is 4. The van der Waals surface area contributed by atoms with E-state index in [1.807, 2.05) is 0 Å². The van der Waals surface area contributed by atoms with Crippen LogP contribution in [0.15, 0.2) is 35.4 Å². The topological polar surface area (TPSA) is 116 Å². The molecule has 1 unspecified atom stereocenters. The minimum atomic E-state index is -3.12. The summed E-state index contributed by atoms with van der Waals surface area (Å²) in [6, 6.07) is 3.38. The number of sulfone groups is 1. The van der Waals surface area contributed by atoms with Crippen molar-refractivity contribution in [2.24, 2.45) is 0 Å². The molecule has 0 spiro atoms. The molecule has 1 aliphatic heterocycles. The average Bonchev–Trinajstić information content (AvgIpc) is 3.23.